The molecule has 0 amide bonds. The number of carbonyl (C=O) groups is 1. The van der Waals surface area contributed by atoms with Gasteiger partial charge in [0, 0.05) is 24.3 Å². The zero-order valence-corrected chi connectivity index (χ0v) is 15.9. The van der Waals surface area contributed by atoms with Crippen molar-refractivity contribution in [1.29, 1.82) is 0 Å². The Kier molecular flexibility index (Phi) is 5.26. The summed E-state index contributed by atoms with van der Waals surface area (Å²) >= 11 is 0. The van der Waals surface area contributed by atoms with Crippen molar-refractivity contribution >= 4 is 18.6 Å². The molecule has 2 heterocycles. The number of aliphatic carboxylic acids is 1. The summed E-state index contributed by atoms with van der Waals surface area (Å²) in [5, 5.41) is 8.88. The molecule has 0 atom stereocenters. The summed E-state index contributed by atoms with van der Waals surface area (Å²) in [4.78, 5) is 19.4. The summed E-state index contributed by atoms with van der Waals surface area (Å²) in [6, 6.07) is 0.340. The molecular formula is C18H27BN2O5. The topological polar surface area (TPSA) is 90.8 Å². The van der Waals surface area contributed by atoms with Gasteiger partial charge in [0.15, 0.2) is 0 Å². The highest BCUT2D eigenvalue weighted by Crippen LogP contribution is 2.36. The van der Waals surface area contributed by atoms with E-state index in [-0.39, 0.29) is 18.4 Å². The van der Waals surface area contributed by atoms with Crippen molar-refractivity contribution in [1.82, 2.24) is 9.97 Å². The summed E-state index contributed by atoms with van der Waals surface area (Å²) < 4.78 is 17.8. The van der Waals surface area contributed by atoms with Crippen molar-refractivity contribution in [2.75, 3.05) is 0 Å². The largest absolute Gasteiger partial charge is 0.498 e. The summed E-state index contributed by atoms with van der Waals surface area (Å²) in [5.74, 6) is -0.477. The Morgan fingerprint density at radius 1 is 1.15 bits per heavy atom. The minimum atomic E-state index is -0.726. The van der Waals surface area contributed by atoms with Crippen molar-refractivity contribution in [3.63, 3.8) is 0 Å². The average molecular weight is 362 g/mol. The van der Waals surface area contributed by atoms with E-state index >= 15 is 0 Å². The van der Waals surface area contributed by atoms with Crippen LogP contribution in [-0.4, -0.2) is 45.5 Å². The first-order valence-corrected chi connectivity index (χ1v) is 9.22. The molecule has 0 unspecified atom stereocenters. The van der Waals surface area contributed by atoms with Crippen molar-refractivity contribution in [3.8, 4) is 6.01 Å². The maximum atomic E-state index is 10.8. The van der Waals surface area contributed by atoms with Gasteiger partial charge in [-0.2, -0.15) is 0 Å². The molecule has 1 saturated heterocycles. The fraction of sp³-hybridized carbons (Fsp3) is 0.722. The molecular weight excluding hydrogens is 335 g/mol. The number of aromatic nitrogens is 2. The highest BCUT2D eigenvalue weighted by Gasteiger charge is 2.52. The lowest BCUT2D eigenvalue weighted by Crippen LogP contribution is -2.41. The predicted molar refractivity (Wildman–Crippen MR) is 96.4 cm³/mol. The number of carboxylic acid groups (broad SMARTS) is 1. The molecule has 1 N–H and O–H groups in total. The smallest absolute Gasteiger partial charge is 0.481 e. The van der Waals surface area contributed by atoms with E-state index in [0.717, 1.165) is 31.1 Å². The molecule has 0 bridgehead atoms. The van der Waals surface area contributed by atoms with Gasteiger partial charge in [0.25, 0.3) is 0 Å². The fourth-order valence-corrected chi connectivity index (χ4v) is 3.34. The number of ether oxygens (including phenoxy) is 1. The minimum Gasteiger partial charge on any atom is -0.481 e. The van der Waals surface area contributed by atoms with Crippen LogP contribution in [-0.2, 0) is 14.1 Å². The molecule has 0 radical (unpaired) electrons. The van der Waals surface area contributed by atoms with Crippen molar-refractivity contribution in [2.45, 2.75) is 77.1 Å². The Labute approximate surface area is 154 Å². The standard InChI is InChI=1S/C18H27BN2O5/c1-17(2)18(3,4)26-19(25-17)13-10-20-16(21-11-13)24-14-7-5-12(6-8-14)9-15(22)23/h10-12,14H,5-9H2,1-4H3,(H,22,23). The van der Waals surface area contributed by atoms with Crippen molar-refractivity contribution in [3.05, 3.63) is 12.4 Å². The van der Waals surface area contributed by atoms with Gasteiger partial charge in [0.1, 0.15) is 6.10 Å². The third-order valence-corrected chi connectivity index (χ3v) is 5.70. The zero-order chi connectivity index (χ0) is 18.9. The minimum absolute atomic E-state index is 0.0442. The molecule has 0 aromatic carbocycles. The second-order valence-corrected chi connectivity index (χ2v) is 8.25. The quantitative estimate of drug-likeness (QED) is 0.803. The maximum absolute atomic E-state index is 10.8. The first-order chi connectivity index (χ1) is 12.2. The monoisotopic (exact) mass is 362 g/mol. The molecule has 26 heavy (non-hydrogen) atoms. The number of rotatable bonds is 5. The normalized spacial score (nSPS) is 27.3. The van der Waals surface area contributed by atoms with Crippen LogP contribution in [0.25, 0.3) is 0 Å². The first kappa shape index (κ1) is 19.1. The third-order valence-electron chi connectivity index (χ3n) is 5.70. The lowest BCUT2D eigenvalue weighted by Gasteiger charge is -2.32. The van der Waals surface area contributed by atoms with Crippen LogP contribution >= 0.6 is 0 Å². The maximum Gasteiger partial charge on any atom is 0.498 e. The van der Waals surface area contributed by atoms with Gasteiger partial charge in [-0.3, -0.25) is 4.79 Å². The average Bonchev–Trinajstić information content (AvgIpc) is 2.77. The van der Waals surface area contributed by atoms with E-state index in [9.17, 15) is 4.79 Å². The van der Waals surface area contributed by atoms with Crippen LogP contribution in [0.15, 0.2) is 12.4 Å². The molecule has 142 valence electrons. The van der Waals surface area contributed by atoms with Crippen molar-refractivity contribution in [2.24, 2.45) is 5.92 Å². The van der Waals surface area contributed by atoms with E-state index in [2.05, 4.69) is 9.97 Å². The van der Waals surface area contributed by atoms with Crippen LogP contribution in [0.2, 0.25) is 0 Å². The van der Waals surface area contributed by atoms with Gasteiger partial charge in [-0.1, -0.05) is 0 Å². The van der Waals surface area contributed by atoms with Crippen LogP contribution in [0.3, 0.4) is 0 Å². The molecule has 8 heteroatoms. The molecule has 1 aliphatic carbocycles. The lowest BCUT2D eigenvalue weighted by atomic mass is 9.81. The number of carboxylic acids is 1. The van der Waals surface area contributed by atoms with E-state index in [1.54, 1.807) is 12.4 Å². The Morgan fingerprint density at radius 2 is 1.69 bits per heavy atom. The third kappa shape index (κ3) is 4.18. The lowest BCUT2D eigenvalue weighted by molar-refractivity contribution is -0.138. The van der Waals surface area contributed by atoms with Crippen LogP contribution in [0, 0.1) is 5.92 Å². The van der Waals surface area contributed by atoms with Gasteiger partial charge < -0.3 is 19.2 Å². The SMILES string of the molecule is CC1(C)OB(c2cnc(OC3CCC(CC(=O)O)CC3)nc2)OC1(C)C. The van der Waals surface area contributed by atoms with E-state index in [4.69, 9.17) is 19.2 Å². The second kappa shape index (κ2) is 7.16. The van der Waals surface area contributed by atoms with Crippen LogP contribution in [0.4, 0.5) is 0 Å². The molecule has 1 saturated carbocycles. The van der Waals surface area contributed by atoms with Gasteiger partial charge in [-0.05, 0) is 59.3 Å². The summed E-state index contributed by atoms with van der Waals surface area (Å²) in [7, 11) is -0.486. The van der Waals surface area contributed by atoms with E-state index < -0.39 is 24.3 Å². The fourth-order valence-electron chi connectivity index (χ4n) is 3.34. The summed E-state index contributed by atoms with van der Waals surface area (Å²) in [6.45, 7) is 8.02. The van der Waals surface area contributed by atoms with Gasteiger partial charge in [0.05, 0.1) is 11.2 Å². The molecule has 2 aliphatic rings. The Balaban J connectivity index is 1.54. The van der Waals surface area contributed by atoms with Crippen LogP contribution in [0.1, 0.15) is 59.8 Å². The Bertz CT molecular complexity index is 625. The Morgan fingerprint density at radius 3 is 2.19 bits per heavy atom. The molecule has 0 spiro atoms. The van der Waals surface area contributed by atoms with Gasteiger partial charge in [-0.15, -0.1) is 0 Å². The van der Waals surface area contributed by atoms with E-state index in [0.29, 0.717) is 6.01 Å². The van der Waals surface area contributed by atoms with E-state index in [1.165, 1.54) is 0 Å². The second-order valence-electron chi connectivity index (χ2n) is 8.25. The molecule has 7 nitrogen and oxygen atoms in total. The predicted octanol–water partition coefficient (Wildman–Crippen LogP) is 2.19. The molecule has 3 rings (SSSR count). The Hall–Kier alpha value is -1.67. The molecule has 1 aromatic heterocycles. The highest BCUT2D eigenvalue weighted by atomic mass is 16.7. The number of hydrogen-bond donors (Lipinski definition) is 1. The summed E-state index contributed by atoms with van der Waals surface area (Å²) in [6.07, 6.45) is 7.04. The van der Waals surface area contributed by atoms with Crippen LogP contribution in [0.5, 0.6) is 6.01 Å². The van der Waals surface area contributed by atoms with E-state index in [1.807, 2.05) is 27.7 Å². The number of nitrogens with zero attached hydrogens (tertiary/aromatic N) is 2. The molecule has 2 fully saturated rings. The molecule has 1 aliphatic heterocycles. The molecule has 1 aromatic rings. The zero-order valence-electron chi connectivity index (χ0n) is 15.9. The van der Waals surface area contributed by atoms with Gasteiger partial charge in [0.2, 0.25) is 0 Å². The highest BCUT2D eigenvalue weighted by molar-refractivity contribution is 6.61. The van der Waals surface area contributed by atoms with Crippen molar-refractivity contribution < 1.29 is 23.9 Å². The number of hydrogen-bond acceptors (Lipinski definition) is 6. The van der Waals surface area contributed by atoms with Gasteiger partial charge >= 0.3 is 19.1 Å². The first-order valence-electron chi connectivity index (χ1n) is 9.22. The van der Waals surface area contributed by atoms with Gasteiger partial charge in [-0.25, -0.2) is 9.97 Å². The summed E-state index contributed by atoms with van der Waals surface area (Å²) in [5.41, 5.74) is -0.0378. The van der Waals surface area contributed by atoms with Crippen LogP contribution < -0.4 is 10.2 Å².